The molecule has 0 N–H and O–H groups in total. The first-order chi connectivity index (χ1) is 11.2. The van der Waals surface area contributed by atoms with Crippen LogP contribution in [0.4, 0.5) is 0 Å². The fourth-order valence-electron chi connectivity index (χ4n) is 2.08. The van der Waals surface area contributed by atoms with Crippen LogP contribution in [0.1, 0.15) is 16.2 Å². The van der Waals surface area contributed by atoms with Crippen LogP contribution in [0.15, 0.2) is 48.5 Å². The average Bonchev–Trinajstić information content (AvgIpc) is 3.11. The number of carbonyl (C=O) groups is 1. The number of para-hydroxylation sites is 1. The minimum atomic E-state index is -0.340. The number of rotatable bonds is 5. The molecule has 0 aliphatic heterocycles. The normalized spacial score (nSPS) is 10.3. The Morgan fingerprint density at radius 2 is 1.74 bits per heavy atom. The molecule has 1 aromatic heterocycles. The Bertz CT molecular complexity index is 830. The second kappa shape index (κ2) is 6.27. The summed E-state index contributed by atoms with van der Waals surface area (Å²) in [6.07, 6.45) is 0. The summed E-state index contributed by atoms with van der Waals surface area (Å²) < 4.78 is 10.4. The van der Waals surface area contributed by atoms with Crippen LogP contribution < -0.4 is 9.47 Å². The SMILES string of the molecule is COc1ccc(C(=O)c2nnn(-c3ccccc3)n2)cc1OC. The minimum absolute atomic E-state index is 0.0149. The van der Waals surface area contributed by atoms with Crippen molar-refractivity contribution in [3.05, 3.63) is 59.9 Å². The number of carbonyl (C=O) groups excluding carboxylic acids is 1. The summed E-state index contributed by atoms with van der Waals surface area (Å²) in [4.78, 5) is 13.8. The fourth-order valence-corrected chi connectivity index (χ4v) is 2.08. The van der Waals surface area contributed by atoms with Crippen LogP contribution in [0, 0.1) is 0 Å². The summed E-state index contributed by atoms with van der Waals surface area (Å²) in [5, 5.41) is 11.9. The van der Waals surface area contributed by atoms with Crippen molar-refractivity contribution in [1.82, 2.24) is 20.2 Å². The van der Waals surface area contributed by atoms with E-state index in [0.717, 1.165) is 5.69 Å². The molecule has 0 radical (unpaired) electrons. The van der Waals surface area contributed by atoms with E-state index in [4.69, 9.17) is 9.47 Å². The number of nitrogens with zero attached hydrogens (tertiary/aromatic N) is 4. The van der Waals surface area contributed by atoms with E-state index in [1.165, 1.54) is 19.0 Å². The van der Waals surface area contributed by atoms with Gasteiger partial charge < -0.3 is 9.47 Å². The lowest BCUT2D eigenvalue weighted by atomic mass is 10.1. The molecular formula is C16H14N4O3. The van der Waals surface area contributed by atoms with Gasteiger partial charge in [0.2, 0.25) is 11.6 Å². The zero-order chi connectivity index (χ0) is 16.2. The Kier molecular flexibility index (Phi) is 4.01. The van der Waals surface area contributed by atoms with Crippen molar-refractivity contribution in [3.8, 4) is 17.2 Å². The summed E-state index contributed by atoms with van der Waals surface area (Å²) in [7, 11) is 3.04. The summed E-state index contributed by atoms with van der Waals surface area (Å²) in [6, 6.07) is 14.1. The number of benzene rings is 2. The molecule has 0 fully saturated rings. The maximum Gasteiger partial charge on any atom is 0.245 e. The molecule has 116 valence electrons. The van der Waals surface area contributed by atoms with Crippen molar-refractivity contribution in [1.29, 1.82) is 0 Å². The first kappa shape index (κ1) is 14.7. The topological polar surface area (TPSA) is 79.1 Å². The summed E-state index contributed by atoms with van der Waals surface area (Å²) in [6.45, 7) is 0. The van der Waals surface area contributed by atoms with Crippen LogP contribution >= 0.6 is 0 Å². The van der Waals surface area contributed by atoms with E-state index in [1.54, 1.807) is 18.2 Å². The van der Waals surface area contributed by atoms with Crippen LogP contribution in [0.2, 0.25) is 0 Å². The van der Waals surface area contributed by atoms with E-state index in [9.17, 15) is 4.79 Å². The van der Waals surface area contributed by atoms with Crippen molar-refractivity contribution in [2.75, 3.05) is 14.2 Å². The smallest absolute Gasteiger partial charge is 0.245 e. The standard InChI is InChI=1S/C16H14N4O3/c1-22-13-9-8-11(10-14(13)23-2)15(21)16-17-19-20(18-16)12-6-4-3-5-7-12/h3-10H,1-2H3. The molecule has 7 nitrogen and oxygen atoms in total. The van der Waals surface area contributed by atoms with Gasteiger partial charge >= 0.3 is 0 Å². The van der Waals surface area contributed by atoms with Crippen LogP contribution in [0.5, 0.6) is 11.5 Å². The molecule has 7 heteroatoms. The number of aromatic nitrogens is 4. The highest BCUT2D eigenvalue weighted by Gasteiger charge is 2.18. The molecule has 0 aliphatic carbocycles. The van der Waals surface area contributed by atoms with Crippen LogP contribution in [-0.4, -0.2) is 40.2 Å². The Labute approximate surface area is 132 Å². The first-order valence-electron chi connectivity index (χ1n) is 6.85. The lowest BCUT2D eigenvalue weighted by Gasteiger charge is -2.07. The van der Waals surface area contributed by atoms with Gasteiger partial charge in [-0.05, 0) is 35.5 Å². The molecule has 0 aliphatic rings. The number of methoxy groups -OCH3 is 2. The Balaban J connectivity index is 1.91. The molecule has 3 rings (SSSR count). The van der Waals surface area contributed by atoms with E-state index in [-0.39, 0.29) is 11.6 Å². The lowest BCUT2D eigenvalue weighted by Crippen LogP contribution is -2.06. The maximum absolute atomic E-state index is 12.5. The number of hydrogen-bond acceptors (Lipinski definition) is 6. The summed E-state index contributed by atoms with van der Waals surface area (Å²) >= 11 is 0. The van der Waals surface area contributed by atoms with Crippen LogP contribution in [0.25, 0.3) is 5.69 Å². The number of ether oxygens (including phenoxy) is 2. The Morgan fingerprint density at radius 3 is 2.43 bits per heavy atom. The number of tetrazole rings is 1. The molecule has 23 heavy (non-hydrogen) atoms. The highest BCUT2D eigenvalue weighted by molar-refractivity contribution is 6.06. The predicted molar refractivity (Wildman–Crippen MR) is 82.1 cm³/mol. The maximum atomic E-state index is 12.5. The van der Waals surface area contributed by atoms with Gasteiger partial charge in [0.05, 0.1) is 19.9 Å². The quantitative estimate of drug-likeness (QED) is 0.670. The molecule has 0 unspecified atom stereocenters. The lowest BCUT2D eigenvalue weighted by molar-refractivity contribution is 0.102. The molecule has 0 atom stereocenters. The number of hydrogen-bond donors (Lipinski definition) is 0. The monoisotopic (exact) mass is 310 g/mol. The highest BCUT2D eigenvalue weighted by atomic mass is 16.5. The third-order valence-electron chi connectivity index (χ3n) is 3.25. The van der Waals surface area contributed by atoms with E-state index in [1.807, 2.05) is 30.3 Å². The predicted octanol–water partition coefficient (Wildman–Crippen LogP) is 1.91. The second-order valence-electron chi connectivity index (χ2n) is 4.64. The third-order valence-corrected chi connectivity index (χ3v) is 3.25. The molecular weight excluding hydrogens is 296 g/mol. The van der Waals surface area contributed by atoms with Crippen LogP contribution in [-0.2, 0) is 0 Å². The molecule has 0 amide bonds. The van der Waals surface area contributed by atoms with Gasteiger partial charge in [-0.2, -0.15) is 0 Å². The van der Waals surface area contributed by atoms with Crippen molar-refractivity contribution in [3.63, 3.8) is 0 Å². The molecule has 1 heterocycles. The van der Waals surface area contributed by atoms with E-state index >= 15 is 0 Å². The van der Waals surface area contributed by atoms with Crippen molar-refractivity contribution in [2.24, 2.45) is 0 Å². The van der Waals surface area contributed by atoms with Gasteiger partial charge in [-0.3, -0.25) is 4.79 Å². The van der Waals surface area contributed by atoms with Gasteiger partial charge in [0, 0.05) is 5.56 Å². The minimum Gasteiger partial charge on any atom is -0.493 e. The Hall–Kier alpha value is -3.22. The molecule has 0 spiro atoms. The Morgan fingerprint density at radius 1 is 1.00 bits per heavy atom. The van der Waals surface area contributed by atoms with E-state index < -0.39 is 0 Å². The summed E-state index contributed by atoms with van der Waals surface area (Å²) in [5.74, 6) is 0.688. The van der Waals surface area contributed by atoms with Gasteiger partial charge in [0.15, 0.2) is 11.5 Å². The van der Waals surface area contributed by atoms with Crippen LogP contribution in [0.3, 0.4) is 0 Å². The van der Waals surface area contributed by atoms with Gasteiger partial charge in [-0.25, -0.2) is 0 Å². The zero-order valence-electron chi connectivity index (χ0n) is 12.6. The molecule has 0 saturated carbocycles. The molecule has 0 saturated heterocycles. The fraction of sp³-hybridized carbons (Fsp3) is 0.125. The molecule has 3 aromatic rings. The molecule has 2 aromatic carbocycles. The summed E-state index contributed by atoms with van der Waals surface area (Å²) in [5.41, 5.74) is 1.13. The average molecular weight is 310 g/mol. The van der Waals surface area contributed by atoms with Crippen molar-refractivity contribution < 1.29 is 14.3 Å². The van der Waals surface area contributed by atoms with Gasteiger partial charge in [0.1, 0.15) is 0 Å². The van der Waals surface area contributed by atoms with E-state index in [2.05, 4.69) is 15.4 Å². The van der Waals surface area contributed by atoms with Gasteiger partial charge in [-0.15, -0.1) is 15.0 Å². The van der Waals surface area contributed by atoms with Gasteiger partial charge in [-0.1, -0.05) is 18.2 Å². The first-order valence-corrected chi connectivity index (χ1v) is 6.85. The molecule has 0 bridgehead atoms. The third kappa shape index (κ3) is 2.89. The van der Waals surface area contributed by atoms with Crippen molar-refractivity contribution in [2.45, 2.75) is 0 Å². The largest absolute Gasteiger partial charge is 0.493 e. The zero-order valence-corrected chi connectivity index (χ0v) is 12.6. The van der Waals surface area contributed by atoms with E-state index in [0.29, 0.717) is 17.1 Å². The van der Waals surface area contributed by atoms with Gasteiger partial charge in [0.25, 0.3) is 0 Å². The van der Waals surface area contributed by atoms with Crippen molar-refractivity contribution >= 4 is 5.78 Å². The highest BCUT2D eigenvalue weighted by Crippen LogP contribution is 2.28. The second-order valence-corrected chi connectivity index (χ2v) is 4.64. The number of ketones is 1.